The average molecular weight is 484 g/mol. The number of likely N-dealkylation sites (tertiary alicyclic amines) is 1. The van der Waals surface area contributed by atoms with Gasteiger partial charge in [0.25, 0.3) is 5.91 Å². The number of fused-ring (bicyclic) bond motifs is 2. The Morgan fingerprint density at radius 3 is 2.34 bits per heavy atom. The van der Waals surface area contributed by atoms with E-state index < -0.39 is 11.7 Å². The number of halogens is 3. The highest BCUT2D eigenvalue weighted by molar-refractivity contribution is 5.93. The molecule has 0 radical (unpaired) electrons. The lowest BCUT2D eigenvalue weighted by Gasteiger charge is -2.25. The molecular weight excluding hydrogens is 455 g/mol. The van der Waals surface area contributed by atoms with E-state index in [0.717, 1.165) is 24.6 Å². The van der Waals surface area contributed by atoms with Gasteiger partial charge in [0.2, 0.25) is 0 Å². The molecule has 184 valence electrons. The van der Waals surface area contributed by atoms with E-state index in [-0.39, 0.29) is 23.4 Å². The molecule has 0 bridgehead atoms. The molecule has 1 aliphatic carbocycles. The van der Waals surface area contributed by atoms with Crippen molar-refractivity contribution < 1.29 is 18.0 Å². The SMILES string of the molecule is O=C(c1cn2nc(C3CCCCC3)ccc2n1)N1C[C@@H]2CN(c3ccccc3C(F)(F)F)C[C@@H]2C1. The first-order valence-electron chi connectivity index (χ1n) is 12.4. The van der Waals surface area contributed by atoms with E-state index >= 15 is 0 Å². The van der Waals surface area contributed by atoms with E-state index in [9.17, 15) is 18.0 Å². The topological polar surface area (TPSA) is 53.7 Å². The van der Waals surface area contributed by atoms with E-state index in [1.807, 2.05) is 17.0 Å². The summed E-state index contributed by atoms with van der Waals surface area (Å²) in [5, 5.41) is 4.74. The molecule has 1 saturated carbocycles. The van der Waals surface area contributed by atoms with E-state index in [2.05, 4.69) is 4.98 Å². The normalized spacial score (nSPS) is 23.3. The van der Waals surface area contributed by atoms with Crippen LogP contribution in [0, 0.1) is 11.8 Å². The number of para-hydroxylation sites is 1. The van der Waals surface area contributed by atoms with Gasteiger partial charge >= 0.3 is 6.18 Å². The number of carbonyl (C=O) groups excluding carboxylic acids is 1. The van der Waals surface area contributed by atoms with Crippen molar-refractivity contribution in [2.75, 3.05) is 31.1 Å². The summed E-state index contributed by atoms with van der Waals surface area (Å²) in [6.45, 7) is 2.09. The monoisotopic (exact) mass is 483 g/mol. The van der Waals surface area contributed by atoms with Gasteiger partial charge in [-0.15, -0.1) is 0 Å². The largest absolute Gasteiger partial charge is 0.418 e. The van der Waals surface area contributed by atoms with Gasteiger partial charge in [0.05, 0.1) is 17.5 Å². The predicted octanol–water partition coefficient (Wildman–Crippen LogP) is 5.00. The summed E-state index contributed by atoms with van der Waals surface area (Å²) in [5.41, 5.74) is 1.72. The Hall–Kier alpha value is -3.10. The van der Waals surface area contributed by atoms with Crippen LogP contribution in [0.25, 0.3) is 5.65 Å². The Kier molecular flexibility index (Phi) is 5.45. The highest BCUT2D eigenvalue weighted by atomic mass is 19.4. The number of aromatic nitrogens is 3. The Morgan fingerprint density at radius 2 is 1.63 bits per heavy atom. The van der Waals surface area contributed by atoms with Gasteiger partial charge in [-0.3, -0.25) is 4.79 Å². The fraction of sp³-hybridized carbons (Fsp3) is 0.500. The van der Waals surface area contributed by atoms with Gasteiger partial charge in [-0.2, -0.15) is 18.3 Å². The molecule has 2 saturated heterocycles. The Morgan fingerprint density at radius 1 is 0.914 bits per heavy atom. The van der Waals surface area contributed by atoms with Gasteiger partial charge in [0.1, 0.15) is 5.69 Å². The number of hydrogen-bond acceptors (Lipinski definition) is 4. The number of amides is 1. The molecule has 4 heterocycles. The highest BCUT2D eigenvalue weighted by Gasteiger charge is 2.44. The molecule has 3 aliphatic rings. The summed E-state index contributed by atoms with van der Waals surface area (Å²) < 4.78 is 42.1. The molecule has 2 aliphatic heterocycles. The molecule has 6 rings (SSSR count). The summed E-state index contributed by atoms with van der Waals surface area (Å²) in [6, 6.07) is 9.70. The summed E-state index contributed by atoms with van der Waals surface area (Å²) in [5.74, 6) is 0.631. The molecule has 0 unspecified atom stereocenters. The first-order valence-corrected chi connectivity index (χ1v) is 12.4. The third-order valence-electron chi connectivity index (χ3n) is 7.91. The molecular formula is C26H28F3N5O. The second-order valence-corrected chi connectivity index (χ2v) is 10.2. The van der Waals surface area contributed by atoms with Gasteiger partial charge in [0, 0.05) is 49.6 Å². The first kappa shape index (κ1) is 22.4. The average Bonchev–Trinajstić information content (AvgIpc) is 3.56. The molecule has 6 nitrogen and oxygen atoms in total. The zero-order chi connectivity index (χ0) is 24.2. The lowest BCUT2D eigenvalue weighted by atomic mass is 9.87. The molecule has 0 spiro atoms. The van der Waals surface area contributed by atoms with E-state index in [1.54, 1.807) is 21.7 Å². The maximum Gasteiger partial charge on any atom is 0.418 e. The smallest absolute Gasteiger partial charge is 0.370 e. The van der Waals surface area contributed by atoms with E-state index in [1.165, 1.54) is 31.4 Å². The van der Waals surface area contributed by atoms with Crippen molar-refractivity contribution in [3.8, 4) is 0 Å². The van der Waals surface area contributed by atoms with Crippen LogP contribution in [0.1, 0.15) is 59.8 Å². The molecule has 0 N–H and O–H groups in total. The molecule has 3 aromatic rings. The van der Waals surface area contributed by atoms with Gasteiger partial charge in [-0.05, 0) is 37.1 Å². The van der Waals surface area contributed by atoms with Gasteiger partial charge in [0.15, 0.2) is 5.65 Å². The van der Waals surface area contributed by atoms with Crippen LogP contribution in [0.4, 0.5) is 18.9 Å². The van der Waals surface area contributed by atoms with Crippen molar-refractivity contribution in [3.63, 3.8) is 0 Å². The zero-order valence-corrected chi connectivity index (χ0v) is 19.4. The number of carbonyl (C=O) groups is 1. The molecule has 2 atom stereocenters. The molecule has 1 amide bonds. The Bertz CT molecular complexity index is 1240. The minimum atomic E-state index is -4.38. The quantitative estimate of drug-likeness (QED) is 0.526. The van der Waals surface area contributed by atoms with Crippen molar-refractivity contribution in [3.05, 3.63) is 59.5 Å². The standard InChI is InChI=1S/C26H28F3N5O/c27-26(28,29)20-8-4-5-9-23(20)32-12-18-14-33(15-19(18)13-32)25(35)22-16-34-24(30-22)11-10-21(31-34)17-6-2-1-3-7-17/h4-5,8-11,16-19H,1-3,6-7,12-15H2/t18-,19+. The molecule has 2 aromatic heterocycles. The molecule has 35 heavy (non-hydrogen) atoms. The number of alkyl halides is 3. The van der Waals surface area contributed by atoms with E-state index in [0.29, 0.717) is 43.4 Å². The number of rotatable bonds is 3. The van der Waals surface area contributed by atoms with Crippen LogP contribution in [0.15, 0.2) is 42.6 Å². The Labute approximate surface area is 201 Å². The number of nitrogens with zero attached hydrogens (tertiary/aromatic N) is 5. The van der Waals surface area contributed by atoms with Crippen LogP contribution in [0.5, 0.6) is 0 Å². The van der Waals surface area contributed by atoms with Crippen molar-refractivity contribution in [1.82, 2.24) is 19.5 Å². The number of benzene rings is 1. The third kappa shape index (κ3) is 4.15. The van der Waals surface area contributed by atoms with Crippen molar-refractivity contribution in [2.24, 2.45) is 11.8 Å². The molecule has 1 aromatic carbocycles. The van der Waals surface area contributed by atoms with Gasteiger partial charge in [-0.1, -0.05) is 31.4 Å². The third-order valence-corrected chi connectivity index (χ3v) is 7.91. The Balaban J connectivity index is 1.15. The van der Waals surface area contributed by atoms with E-state index in [4.69, 9.17) is 5.10 Å². The fourth-order valence-corrected chi connectivity index (χ4v) is 6.12. The summed E-state index contributed by atoms with van der Waals surface area (Å²) in [6.07, 6.45) is 3.38. The van der Waals surface area contributed by atoms with Crippen LogP contribution in [-0.4, -0.2) is 51.6 Å². The first-order chi connectivity index (χ1) is 16.9. The van der Waals surface area contributed by atoms with Crippen molar-refractivity contribution in [1.29, 1.82) is 0 Å². The summed E-state index contributed by atoms with van der Waals surface area (Å²) >= 11 is 0. The lowest BCUT2D eigenvalue weighted by molar-refractivity contribution is -0.137. The van der Waals surface area contributed by atoms with Crippen LogP contribution < -0.4 is 4.90 Å². The maximum atomic E-state index is 13.5. The predicted molar refractivity (Wildman–Crippen MR) is 125 cm³/mol. The summed E-state index contributed by atoms with van der Waals surface area (Å²) in [4.78, 5) is 21.4. The second-order valence-electron chi connectivity index (χ2n) is 10.2. The number of imidazole rings is 1. The molecule has 3 fully saturated rings. The summed E-state index contributed by atoms with van der Waals surface area (Å²) in [7, 11) is 0. The maximum absolute atomic E-state index is 13.5. The zero-order valence-electron chi connectivity index (χ0n) is 19.4. The van der Waals surface area contributed by atoms with Gasteiger partial charge < -0.3 is 9.80 Å². The van der Waals surface area contributed by atoms with Gasteiger partial charge in [-0.25, -0.2) is 9.50 Å². The highest BCUT2D eigenvalue weighted by Crippen LogP contribution is 2.41. The van der Waals surface area contributed by atoms with Crippen LogP contribution in [0.2, 0.25) is 0 Å². The second kappa shape index (κ2) is 8.53. The lowest BCUT2D eigenvalue weighted by Crippen LogP contribution is -2.34. The van der Waals surface area contributed by atoms with Crippen LogP contribution in [-0.2, 0) is 6.18 Å². The fourth-order valence-electron chi connectivity index (χ4n) is 6.12. The number of hydrogen-bond donors (Lipinski definition) is 0. The number of anilines is 1. The van der Waals surface area contributed by atoms with Crippen LogP contribution in [0.3, 0.4) is 0 Å². The minimum Gasteiger partial charge on any atom is -0.370 e. The van der Waals surface area contributed by atoms with Crippen LogP contribution >= 0.6 is 0 Å². The minimum absolute atomic E-state index is 0.133. The van der Waals surface area contributed by atoms with Crippen molar-refractivity contribution >= 4 is 17.2 Å². The van der Waals surface area contributed by atoms with Crippen molar-refractivity contribution in [2.45, 2.75) is 44.2 Å². The molecule has 9 heteroatoms.